The van der Waals surface area contributed by atoms with Gasteiger partial charge in [-0.25, -0.2) is 0 Å². The maximum atomic E-state index is 8.33. The maximum Gasteiger partial charge on any atom is 0.0635 e. The van der Waals surface area contributed by atoms with Gasteiger partial charge in [0.05, 0.1) is 16.1 Å². The van der Waals surface area contributed by atoms with E-state index in [4.69, 9.17) is 28.5 Å². The van der Waals surface area contributed by atoms with E-state index in [2.05, 4.69) is 11.4 Å². The highest BCUT2D eigenvalue weighted by Gasteiger charge is 1.98. The van der Waals surface area contributed by atoms with Crippen molar-refractivity contribution in [1.82, 2.24) is 5.32 Å². The number of hydrogen-bond acceptors (Lipinski definition) is 2. The van der Waals surface area contributed by atoms with Crippen molar-refractivity contribution in [2.24, 2.45) is 0 Å². The van der Waals surface area contributed by atoms with Crippen LogP contribution in [0.25, 0.3) is 0 Å². The molecule has 0 aliphatic rings. The lowest BCUT2D eigenvalue weighted by Crippen LogP contribution is -2.18. The number of benzene rings is 1. The van der Waals surface area contributed by atoms with Gasteiger partial charge in [0.1, 0.15) is 0 Å². The normalized spacial score (nSPS) is 9.93. The van der Waals surface area contributed by atoms with Gasteiger partial charge in [0.2, 0.25) is 0 Å². The largest absolute Gasteiger partial charge is 0.315 e. The number of hydrogen-bond donors (Lipinski definition) is 1. The van der Waals surface area contributed by atoms with E-state index in [-0.39, 0.29) is 0 Å². The number of nitrogens with zero attached hydrogens (tertiary/aromatic N) is 1. The second-order valence-corrected chi connectivity index (χ2v) is 3.97. The minimum atomic E-state index is 0.543. The number of nitriles is 1. The average molecular weight is 243 g/mol. The Morgan fingerprint density at radius 1 is 1.20 bits per heavy atom. The summed E-state index contributed by atoms with van der Waals surface area (Å²) in [7, 11) is 0. The Kier molecular flexibility index (Phi) is 5.49. The predicted molar refractivity (Wildman–Crippen MR) is 63.3 cm³/mol. The van der Waals surface area contributed by atoms with Gasteiger partial charge in [-0.05, 0) is 30.7 Å². The van der Waals surface area contributed by atoms with Gasteiger partial charge in [-0.2, -0.15) is 5.26 Å². The Morgan fingerprint density at radius 3 is 2.67 bits per heavy atom. The van der Waals surface area contributed by atoms with E-state index in [9.17, 15) is 0 Å². The van der Waals surface area contributed by atoms with Crippen LogP contribution in [0.3, 0.4) is 0 Å². The molecular weight excluding hydrogens is 231 g/mol. The monoisotopic (exact) mass is 242 g/mol. The molecule has 0 aromatic heterocycles. The molecule has 80 valence electrons. The molecule has 1 aromatic rings. The lowest BCUT2D eigenvalue weighted by Gasteiger charge is -2.04. The zero-order chi connectivity index (χ0) is 11.1. The third-order valence-corrected chi connectivity index (χ3v) is 2.73. The van der Waals surface area contributed by atoms with Crippen molar-refractivity contribution in [3.63, 3.8) is 0 Å². The van der Waals surface area contributed by atoms with Gasteiger partial charge in [0.25, 0.3) is 0 Å². The lowest BCUT2D eigenvalue weighted by molar-refractivity contribution is 0.692. The first-order chi connectivity index (χ1) is 7.24. The molecule has 0 saturated heterocycles. The second-order valence-electron chi connectivity index (χ2n) is 3.16. The molecule has 0 atom stereocenters. The standard InChI is InChI=1S/C11H12Cl2N2/c12-10-3-2-9(8-11(10)13)4-7-15-6-1-5-14/h2-3,8,15H,1,4,6-7H2. The molecule has 0 aliphatic heterocycles. The lowest BCUT2D eigenvalue weighted by atomic mass is 10.1. The SMILES string of the molecule is N#CCCNCCc1ccc(Cl)c(Cl)c1. The van der Waals surface area contributed by atoms with Crippen LogP contribution in [0.1, 0.15) is 12.0 Å². The summed E-state index contributed by atoms with van der Waals surface area (Å²) >= 11 is 11.7. The molecule has 0 heterocycles. The number of rotatable bonds is 5. The van der Waals surface area contributed by atoms with Gasteiger partial charge in [-0.15, -0.1) is 0 Å². The summed E-state index contributed by atoms with van der Waals surface area (Å²) in [6.45, 7) is 1.58. The fourth-order valence-electron chi connectivity index (χ4n) is 1.20. The van der Waals surface area contributed by atoms with Crippen molar-refractivity contribution in [2.45, 2.75) is 12.8 Å². The fourth-order valence-corrected chi connectivity index (χ4v) is 1.52. The zero-order valence-corrected chi connectivity index (χ0v) is 9.78. The molecule has 4 heteroatoms. The second kappa shape index (κ2) is 6.68. The summed E-state index contributed by atoms with van der Waals surface area (Å²) in [5.74, 6) is 0. The van der Waals surface area contributed by atoms with Gasteiger partial charge in [-0.3, -0.25) is 0 Å². The van der Waals surface area contributed by atoms with Gasteiger partial charge in [-0.1, -0.05) is 29.3 Å². The van der Waals surface area contributed by atoms with Crippen LogP contribution in [0.4, 0.5) is 0 Å². The Balaban J connectivity index is 2.32. The van der Waals surface area contributed by atoms with Crippen molar-refractivity contribution >= 4 is 23.2 Å². The minimum Gasteiger partial charge on any atom is -0.315 e. The summed E-state index contributed by atoms with van der Waals surface area (Å²) in [5, 5.41) is 12.7. The van der Waals surface area contributed by atoms with Crippen LogP contribution < -0.4 is 5.32 Å². The van der Waals surface area contributed by atoms with Crippen LogP contribution in [0.2, 0.25) is 10.0 Å². The molecule has 0 unspecified atom stereocenters. The highest BCUT2D eigenvalue weighted by molar-refractivity contribution is 6.42. The summed E-state index contributed by atoms with van der Waals surface area (Å²) < 4.78 is 0. The van der Waals surface area contributed by atoms with Crippen LogP contribution in [0.5, 0.6) is 0 Å². The van der Waals surface area contributed by atoms with Gasteiger partial charge in [0, 0.05) is 13.0 Å². The van der Waals surface area contributed by atoms with E-state index < -0.39 is 0 Å². The fraction of sp³-hybridized carbons (Fsp3) is 0.364. The van der Waals surface area contributed by atoms with Crippen molar-refractivity contribution in [3.8, 4) is 6.07 Å². The summed E-state index contributed by atoms with van der Waals surface area (Å²) in [4.78, 5) is 0. The van der Waals surface area contributed by atoms with Crippen molar-refractivity contribution in [3.05, 3.63) is 33.8 Å². The van der Waals surface area contributed by atoms with E-state index in [0.717, 1.165) is 25.1 Å². The van der Waals surface area contributed by atoms with E-state index >= 15 is 0 Å². The molecule has 1 rings (SSSR count). The maximum absolute atomic E-state index is 8.33. The van der Waals surface area contributed by atoms with Crippen LogP contribution in [0.15, 0.2) is 18.2 Å². The Bertz CT molecular complexity index is 358. The molecule has 0 spiro atoms. The van der Waals surface area contributed by atoms with E-state index in [1.807, 2.05) is 12.1 Å². The summed E-state index contributed by atoms with van der Waals surface area (Å²) in [5.41, 5.74) is 1.15. The molecule has 0 amide bonds. The Morgan fingerprint density at radius 2 is 2.00 bits per heavy atom. The first-order valence-corrected chi connectivity index (χ1v) is 5.51. The molecular formula is C11H12Cl2N2. The molecule has 1 aromatic carbocycles. The van der Waals surface area contributed by atoms with Crippen LogP contribution in [-0.4, -0.2) is 13.1 Å². The first-order valence-electron chi connectivity index (χ1n) is 4.75. The molecule has 0 aliphatic carbocycles. The van der Waals surface area contributed by atoms with Gasteiger partial charge < -0.3 is 5.32 Å². The third kappa shape index (κ3) is 4.53. The van der Waals surface area contributed by atoms with Crippen LogP contribution in [0, 0.1) is 11.3 Å². The van der Waals surface area contributed by atoms with Gasteiger partial charge >= 0.3 is 0 Å². The molecule has 15 heavy (non-hydrogen) atoms. The zero-order valence-electron chi connectivity index (χ0n) is 8.26. The summed E-state index contributed by atoms with van der Waals surface area (Å²) in [6, 6.07) is 7.71. The van der Waals surface area contributed by atoms with E-state index in [1.54, 1.807) is 6.07 Å². The molecule has 1 N–H and O–H groups in total. The highest BCUT2D eigenvalue weighted by Crippen LogP contribution is 2.22. The topological polar surface area (TPSA) is 35.8 Å². The van der Waals surface area contributed by atoms with Crippen LogP contribution >= 0.6 is 23.2 Å². The van der Waals surface area contributed by atoms with Crippen molar-refractivity contribution in [1.29, 1.82) is 5.26 Å². The highest BCUT2D eigenvalue weighted by atomic mass is 35.5. The van der Waals surface area contributed by atoms with E-state index in [0.29, 0.717) is 16.5 Å². The molecule has 0 fully saturated rings. The molecule has 2 nitrogen and oxygen atoms in total. The number of halogens is 2. The molecule has 0 bridgehead atoms. The average Bonchev–Trinajstić information content (AvgIpc) is 2.23. The first kappa shape index (κ1) is 12.3. The summed E-state index contributed by atoms with van der Waals surface area (Å²) in [6.07, 6.45) is 1.43. The van der Waals surface area contributed by atoms with Crippen molar-refractivity contribution < 1.29 is 0 Å². The Hall–Kier alpha value is -0.750. The van der Waals surface area contributed by atoms with Gasteiger partial charge in [0.15, 0.2) is 0 Å². The minimum absolute atomic E-state index is 0.543. The van der Waals surface area contributed by atoms with E-state index in [1.165, 1.54) is 0 Å². The van der Waals surface area contributed by atoms with Crippen LogP contribution in [-0.2, 0) is 6.42 Å². The predicted octanol–water partition coefficient (Wildman–Crippen LogP) is 3.04. The molecule has 0 saturated carbocycles. The quantitative estimate of drug-likeness (QED) is 0.807. The smallest absolute Gasteiger partial charge is 0.0635 e. The third-order valence-electron chi connectivity index (χ3n) is 1.99. The van der Waals surface area contributed by atoms with Crippen molar-refractivity contribution in [2.75, 3.05) is 13.1 Å². The number of nitrogens with one attached hydrogen (secondary N) is 1. The Labute approximate surface area is 99.8 Å². The molecule has 0 radical (unpaired) electrons.